The highest BCUT2D eigenvalue weighted by molar-refractivity contribution is 7.98. The third kappa shape index (κ3) is 4.04. The van der Waals surface area contributed by atoms with Gasteiger partial charge in [-0.25, -0.2) is 0 Å². The molecule has 0 radical (unpaired) electrons. The monoisotopic (exact) mass is 283 g/mol. The molecule has 1 rings (SSSR count). The number of nitrogens with two attached hydrogens (primary N) is 1. The maximum Gasteiger partial charge on any atom is 0.173 e. The molecule has 0 amide bonds. The molecular formula is C13H21N3O2S. The summed E-state index contributed by atoms with van der Waals surface area (Å²) in [6.45, 7) is 3.92. The van der Waals surface area contributed by atoms with Crippen LogP contribution in [-0.2, 0) is 0 Å². The van der Waals surface area contributed by atoms with E-state index >= 15 is 0 Å². The van der Waals surface area contributed by atoms with Gasteiger partial charge in [-0.05, 0) is 32.2 Å². The zero-order chi connectivity index (χ0) is 14.6. The number of hydrogen-bond acceptors (Lipinski definition) is 5. The number of rotatable bonds is 5. The summed E-state index contributed by atoms with van der Waals surface area (Å²) in [5.74, 6) is 0.0718. The van der Waals surface area contributed by atoms with Crippen molar-refractivity contribution < 1.29 is 10.3 Å². The minimum absolute atomic E-state index is 0.0718. The highest BCUT2D eigenvalue weighted by Gasteiger charge is 2.20. The van der Waals surface area contributed by atoms with Crippen LogP contribution in [0, 0.1) is 0 Å². The van der Waals surface area contributed by atoms with Gasteiger partial charge in [-0.3, -0.25) is 0 Å². The maximum absolute atomic E-state index is 9.90. The summed E-state index contributed by atoms with van der Waals surface area (Å²) in [6, 6.07) is 5.72. The fourth-order valence-electron chi connectivity index (χ4n) is 1.98. The first-order valence-electron chi connectivity index (χ1n) is 5.88. The van der Waals surface area contributed by atoms with Crippen LogP contribution in [0.4, 0.5) is 5.69 Å². The summed E-state index contributed by atoms with van der Waals surface area (Å²) in [6.07, 6.45) is 1.93. The lowest BCUT2D eigenvalue weighted by atomic mass is 10.1. The third-order valence-corrected chi connectivity index (χ3v) is 3.40. The number of hydrogen-bond donors (Lipinski definition) is 3. The Balaban J connectivity index is 3.27. The summed E-state index contributed by atoms with van der Waals surface area (Å²) >= 11 is 1.53. The van der Waals surface area contributed by atoms with Crippen LogP contribution in [0.5, 0.6) is 0 Å². The van der Waals surface area contributed by atoms with Gasteiger partial charge in [-0.15, -0.1) is 11.8 Å². The van der Waals surface area contributed by atoms with Crippen LogP contribution in [0.2, 0.25) is 0 Å². The molecule has 0 aliphatic carbocycles. The van der Waals surface area contributed by atoms with Gasteiger partial charge in [-0.1, -0.05) is 11.2 Å². The van der Waals surface area contributed by atoms with E-state index in [4.69, 9.17) is 10.9 Å². The van der Waals surface area contributed by atoms with Crippen molar-refractivity contribution in [2.24, 2.45) is 10.9 Å². The van der Waals surface area contributed by atoms with Gasteiger partial charge in [0.15, 0.2) is 5.84 Å². The van der Waals surface area contributed by atoms with Crippen LogP contribution in [0.1, 0.15) is 19.4 Å². The van der Waals surface area contributed by atoms with E-state index < -0.39 is 5.60 Å². The van der Waals surface area contributed by atoms with Gasteiger partial charge >= 0.3 is 0 Å². The van der Waals surface area contributed by atoms with E-state index in [1.165, 1.54) is 11.8 Å². The molecule has 4 N–H and O–H groups in total. The molecule has 0 spiro atoms. The number of likely N-dealkylation sites (N-methyl/N-ethyl adjacent to an activating group) is 1. The van der Waals surface area contributed by atoms with Crippen molar-refractivity contribution in [1.29, 1.82) is 0 Å². The molecular weight excluding hydrogens is 262 g/mol. The maximum atomic E-state index is 9.90. The first-order valence-corrected chi connectivity index (χ1v) is 7.11. The van der Waals surface area contributed by atoms with Crippen LogP contribution in [0.25, 0.3) is 0 Å². The summed E-state index contributed by atoms with van der Waals surface area (Å²) in [5, 5.41) is 21.9. The van der Waals surface area contributed by atoms with Gasteiger partial charge in [0, 0.05) is 24.2 Å². The number of benzene rings is 1. The highest BCUT2D eigenvalue weighted by atomic mass is 32.2. The molecule has 1 aromatic carbocycles. The van der Waals surface area contributed by atoms with Gasteiger partial charge in [0.2, 0.25) is 0 Å². The average Bonchev–Trinajstić information content (AvgIpc) is 2.34. The van der Waals surface area contributed by atoms with Crippen molar-refractivity contribution >= 4 is 23.3 Å². The predicted molar refractivity (Wildman–Crippen MR) is 80.3 cm³/mol. The molecule has 1 aromatic rings. The van der Waals surface area contributed by atoms with E-state index in [1.807, 2.05) is 36.4 Å². The van der Waals surface area contributed by atoms with Crippen molar-refractivity contribution in [3.8, 4) is 0 Å². The summed E-state index contributed by atoms with van der Waals surface area (Å²) in [7, 11) is 1.87. The number of anilines is 1. The molecule has 5 nitrogen and oxygen atoms in total. The second-order valence-corrected chi connectivity index (χ2v) is 5.86. The lowest BCUT2D eigenvalue weighted by molar-refractivity contribution is 0.0886. The number of thioether (sulfide) groups is 1. The first kappa shape index (κ1) is 15.7. The Morgan fingerprint density at radius 3 is 2.58 bits per heavy atom. The lowest BCUT2D eigenvalue weighted by Crippen LogP contribution is -2.37. The Labute approximate surface area is 118 Å². The molecule has 0 aromatic heterocycles. The lowest BCUT2D eigenvalue weighted by Gasteiger charge is -2.29. The SMILES string of the molecule is CSc1cccc(N(C)CC(C)(C)O)c1/C(N)=N/O. The number of oxime groups is 1. The molecule has 0 atom stereocenters. The minimum Gasteiger partial charge on any atom is -0.409 e. The van der Waals surface area contributed by atoms with E-state index in [0.717, 1.165) is 10.6 Å². The fraction of sp³-hybridized carbons (Fsp3) is 0.462. The van der Waals surface area contributed by atoms with E-state index in [9.17, 15) is 5.11 Å². The Kier molecular flexibility index (Phi) is 5.08. The molecule has 0 aliphatic heterocycles. The summed E-state index contributed by atoms with van der Waals surface area (Å²) < 4.78 is 0. The summed E-state index contributed by atoms with van der Waals surface area (Å²) in [5.41, 5.74) is 6.45. The molecule has 0 saturated carbocycles. The van der Waals surface area contributed by atoms with E-state index in [2.05, 4.69) is 5.16 Å². The van der Waals surface area contributed by atoms with E-state index in [-0.39, 0.29) is 5.84 Å². The van der Waals surface area contributed by atoms with Crippen molar-refractivity contribution in [3.05, 3.63) is 23.8 Å². The second kappa shape index (κ2) is 6.16. The molecule has 0 bridgehead atoms. The van der Waals surface area contributed by atoms with Gasteiger partial charge in [-0.2, -0.15) is 0 Å². The van der Waals surface area contributed by atoms with Crippen molar-refractivity contribution in [2.75, 3.05) is 24.7 Å². The Hall–Kier alpha value is -1.40. The van der Waals surface area contributed by atoms with Crippen LogP contribution in [-0.4, -0.2) is 41.6 Å². The molecule has 0 aliphatic rings. The Morgan fingerprint density at radius 2 is 2.11 bits per heavy atom. The van der Waals surface area contributed by atoms with Crippen LogP contribution in [0.3, 0.4) is 0 Å². The van der Waals surface area contributed by atoms with E-state index in [1.54, 1.807) is 13.8 Å². The average molecular weight is 283 g/mol. The smallest absolute Gasteiger partial charge is 0.173 e. The number of aliphatic hydroxyl groups is 1. The number of nitrogens with zero attached hydrogens (tertiary/aromatic N) is 2. The van der Waals surface area contributed by atoms with Gasteiger partial charge in [0.25, 0.3) is 0 Å². The van der Waals surface area contributed by atoms with Crippen molar-refractivity contribution in [1.82, 2.24) is 0 Å². The minimum atomic E-state index is -0.827. The van der Waals surface area contributed by atoms with Crippen LogP contribution in [0.15, 0.2) is 28.3 Å². The quantitative estimate of drug-likeness (QED) is 0.252. The Morgan fingerprint density at radius 1 is 1.47 bits per heavy atom. The molecule has 0 fully saturated rings. The highest BCUT2D eigenvalue weighted by Crippen LogP contribution is 2.29. The standard InChI is InChI=1S/C13H21N3O2S/c1-13(2,17)8-16(3)9-6-5-7-10(19-4)11(9)12(14)15-18/h5-7,17-18H,8H2,1-4H3,(H2,14,15). The zero-order valence-corrected chi connectivity index (χ0v) is 12.5. The zero-order valence-electron chi connectivity index (χ0n) is 11.7. The van der Waals surface area contributed by atoms with Crippen LogP contribution < -0.4 is 10.6 Å². The van der Waals surface area contributed by atoms with Crippen molar-refractivity contribution in [2.45, 2.75) is 24.3 Å². The normalized spacial score (nSPS) is 12.6. The first-order chi connectivity index (χ1) is 8.80. The predicted octanol–water partition coefficient (Wildman–Crippen LogP) is 1.71. The second-order valence-electron chi connectivity index (χ2n) is 5.01. The molecule has 106 valence electrons. The number of amidine groups is 1. The molecule has 19 heavy (non-hydrogen) atoms. The molecule has 6 heteroatoms. The molecule has 0 unspecified atom stereocenters. The van der Waals surface area contributed by atoms with Crippen molar-refractivity contribution in [3.63, 3.8) is 0 Å². The fourth-order valence-corrected chi connectivity index (χ4v) is 2.61. The topological polar surface area (TPSA) is 82.1 Å². The van der Waals surface area contributed by atoms with Crippen LogP contribution >= 0.6 is 11.8 Å². The Bertz CT molecular complexity index is 469. The summed E-state index contributed by atoms with van der Waals surface area (Å²) in [4.78, 5) is 2.82. The molecule has 0 heterocycles. The van der Waals surface area contributed by atoms with Gasteiger partial charge in [0.1, 0.15) is 0 Å². The van der Waals surface area contributed by atoms with E-state index in [0.29, 0.717) is 12.1 Å². The molecule has 0 saturated heterocycles. The third-order valence-electron chi connectivity index (χ3n) is 2.62. The van der Waals surface area contributed by atoms with Gasteiger partial charge < -0.3 is 20.9 Å². The largest absolute Gasteiger partial charge is 0.409 e. The van der Waals surface area contributed by atoms with Gasteiger partial charge in [0.05, 0.1) is 11.2 Å².